The molecule has 1 saturated heterocycles. The van der Waals surface area contributed by atoms with E-state index in [1.54, 1.807) is 0 Å². The quantitative estimate of drug-likeness (QED) is 0.245. The number of nitrogens with one attached hydrogen (secondary N) is 2. The summed E-state index contributed by atoms with van der Waals surface area (Å²) in [6.07, 6.45) is 4.82. The van der Waals surface area contributed by atoms with Gasteiger partial charge in [0, 0.05) is 36.1 Å². The lowest BCUT2D eigenvalue weighted by molar-refractivity contribution is -0.121. The molecule has 1 aliphatic heterocycles. The lowest BCUT2D eigenvalue weighted by Gasteiger charge is -2.09. The Morgan fingerprint density at radius 1 is 1.08 bits per heavy atom. The first kappa shape index (κ1) is 20.6. The van der Waals surface area contributed by atoms with Gasteiger partial charge in [-0.3, -0.25) is 9.59 Å². The molecule has 26 heavy (non-hydrogen) atoms. The summed E-state index contributed by atoms with van der Waals surface area (Å²) in [5.41, 5.74) is 0.0204. The van der Waals surface area contributed by atoms with Crippen LogP contribution in [0.3, 0.4) is 0 Å². The fourth-order valence-electron chi connectivity index (χ4n) is 2.53. The molecule has 0 spiro atoms. The van der Waals surface area contributed by atoms with Gasteiger partial charge in [0.05, 0.1) is 0 Å². The lowest BCUT2D eigenvalue weighted by atomic mass is 10.1. The third-order valence-electron chi connectivity index (χ3n) is 3.97. The van der Waals surface area contributed by atoms with Crippen molar-refractivity contribution in [1.82, 2.24) is 10.6 Å². The maximum atomic E-state index is 11.9. The van der Waals surface area contributed by atoms with E-state index in [-0.39, 0.29) is 18.0 Å². The van der Waals surface area contributed by atoms with Gasteiger partial charge in [-0.25, -0.2) is 0 Å². The summed E-state index contributed by atoms with van der Waals surface area (Å²) in [4.78, 5) is 23.7. The first-order valence-electron chi connectivity index (χ1n) is 8.55. The van der Waals surface area contributed by atoms with Crippen molar-refractivity contribution < 1.29 is 24.9 Å². The molecule has 1 atom stereocenters. The zero-order valence-corrected chi connectivity index (χ0v) is 16.0. The van der Waals surface area contributed by atoms with E-state index in [0.29, 0.717) is 13.0 Å². The number of aromatic hydroxyl groups is 3. The van der Waals surface area contributed by atoms with E-state index in [0.717, 1.165) is 36.6 Å². The summed E-state index contributed by atoms with van der Waals surface area (Å²) in [6.45, 7) is 0.526. The monoisotopic (exact) mass is 400 g/mol. The van der Waals surface area contributed by atoms with Crippen LogP contribution >= 0.6 is 21.6 Å². The number of hydrogen-bond donors (Lipinski definition) is 5. The minimum atomic E-state index is -0.668. The Hall–Kier alpha value is -1.74. The Morgan fingerprint density at radius 3 is 2.42 bits per heavy atom. The number of benzene rings is 1. The maximum Gasteiger partial charge on any atom is 0.251 e. The number of amides is 2. The maximum absolute atomic E-state index is 11.9. The molecular weight excluding hydrogens is 376 g/mol. The minimum Gasteiger partial charge on any atom is -0.504 e. The Labute approximate surface area is 160 Å². The molecule has 5 N–H and O–H groups in total. The van der Waals surface area contributed by atoms with Crippen LogP contribution in [0.2, 0.25) is 0 Å². The van der Waals surface area contributed by atoms with Gasteiger partial charge in [0.1, 0.15) is 0 Å². The number of hydrogen-bond acceptors (Lipinski definition) is 7. The second-order valence-corrected chi connectivity index (χ2v) is 8.83. The zero-order valence-electron chi connectivity index (χ0n) is 14.4. The van der Waals surface area contributed by atoms with Crippen molar-refractivity contribution in [2.24, 2.45) is 0 Å². The van der Waals surface area contributed by atoms with Gasteiger partial charge in [-0.1, -0.05) is 28.0 Å². The Morgan fingerprint density at radius 2 is 1.77 bits per heavy atom. The summed E-state index contributed by atoms with van der Waals surface area (Å²) in [7, 11) is 3.88. The van der Waals surface area contributed by atoms with Gasteiger partial charge in [-0.15, -0.1) is 0 Å². The minimum absolute atomic E-state index is 0.0204. The van der Waals surface area contributed by atoms with Gasteiger partial charge in [0.25, 0.3) is 5.91 Å². The van der Waals surface area contributed by atoms with Gasteiger partial charge in [0.15, 0.2) is 17.2 Å². The molecular formula is C17H24N2O5S2. The van der Waals surface area contributed by atoms with Crippen molar-refractivity contribution in [1.29, 1.82) is 0 Å². The van der Waals surface area contributed by atoms with E-state index in [9.17, 15) is 24.9 Å². The molecule has 0 aliphatic carbocycles. The normalized spacial score (nSPS) is 16.4. The average Bonchev–Trinajstić information content (AvgIpc) is 3.13. The molecule has 0 bridgehead atoms. The molecule has 1 heterocycles. The molecule has 2 rings (SSSR count). The fourth-order valence-corrected chi connectivity index (χ4v) is 5.55. The second-order valence-electron chi connectivity index (χ2n) is 6.04. The molecule has 7 nitrogen and oxygen atoms in total. The van der Waals surface area contributed by atoms with E-state index < -0.39 is 23.2 Å². The van der Waals surface area contributed by atoms with Crippen LogP contribution in [0.5, 0.6) is 17.2 Å². The molecule has 0 aromatic heterocycles. The molecule has 0 saturated carbocycles. The first-order valence-corrected chi connectivity index (χ1v) is 10.9. The summed E-state index contributed by atoms with van der Waals surface area (Å²) >= 11 is 0. The molecule has 0 unspecified atom stereocenters. The highest BCUT2D eigenvalue weighted by Gasteiger charge is 2.16. The summed E-state index contributed by atoms with van der Waals surface area (Å²) in [5.74, 6) is -1.13. The third kappa shape index (κ3) is 6.53. The molecule has 1 aromatic rings. The van der Waals surface area contributed by atoms with Gasteiger partial charge in [-0.2, -0.15) is 0 Å². The number of carbonyl (C=O) groups is 2. The van der Waals surface area contributed by atoms with Crippen molar-refractivity contribution in [2.75, 3.05) is 18.8 Å². The highest BCUT2D eigenvalue weighted by Crippen LogP contribution is 2.39. The van der Waals surface area contributed by atoms with Crippen molar-refractivity contribution in [3.05, 3.63) is 17.7 Å². The van der Waals surface area contributed by atoms with Crippen molar-refractivity contribution in [3.8, 4) is 17.2 Å². The Bertz CT molecular complexity index is 613. The summed E-state index contributed by atoms with van der Waals surface area (Å²) < 4.78 is 0. The number of phenolic OH excluding ortho intramolecular Hbond substituents is 3. The largest absolute Gasteiger partial charge is 0.504 e. The molecule has 0 radical (unpaired) electrons. The van der Waals surface area contributed by atoms with Crippen LogP contribution in [0.15, 0.2) is 12.1 Å². The predicted octanol–water partition coefficient (Wildman–Crippen LogP) is 2.36. The van der Waals surface area contributed by atoms with Gasteiger partial charge >= 0.3 is 0 Å². The van der Waals surface area contributed by atoms with Gasteiger partial charge in [-0.05, 0) is 31.4 Å². The van der Waals surface area contributed by atoms with E-state index in [1.165, 1.54) is 12.2 Å². The predicted molar refractivity (Wildman–Crippen MR) is 104 cm³/mol. The average molecular weight is 401 g/mol. The molecule has 1 aliphatic rings. The van der Waals surface area contributed by atoms with Crippen molar-refractivity contribution >= 4 is 33.4 Å². The van der Waals surface area contributed by atoms with Gasteiger partial charge < -0.3 is 26.0 Å². The van der Waals surface area contributed by atoms with E-state index in [1.807, 2.05) is 21.6 Å². The fraction of sp³-hybridized carbons (Fsp3) is 0.529. The standard InChI is InChI=1S/C17H24N2O5S2/c20-13-9-11(10-14(21)16(13)23)17(24)19-7-6-18-15(22)4-2-1-3-12-5-8-25-26-12/h9-10,12,20-21,23H,1-8H2,(H,18,22)(H,19,24)/t12-/m1/s1. The zero-order chi connectivity index (χ0) is 18.9. The highest BCUT2D eigenvalue weighted by molar-refractivity contribution is 8.77. The highest BCUT2D eigenvalue weighted by atomic mass is 33.1. The SMILES string of the molecule is O=C(CCCC[C@@H]1CCSS1)NCCNC(=O)c1cc(O)c(O)c(O)c1. The van der Waals surface area contributed by atoms with E-state index in [4.69, 9.17) is 0 Å². The van der Waals surface area contributed by atoms with Crippen LogP contribution in [0.4, 0.5) is 0 Å². The van der Waals surface area contributed by atoms with Crippen molar-refractivity contribution in [2.45, 2.75) is 37.4 Å². The van der Waals surface area contributed by atoms with Crippen LogP contribution in [0, 0.1) is 0 Å². The van der Waals surface area contributed by atoms with Crippen LogP contribution in [-0.4, -0.2) is 51.2 Å². The van der Waals surface area contributed by atoms with E-state index >= 15 is 0 Å². The Kier molecular flexibility index (Phi) is 8.24. The smallest absolute Gasteiger partial charge is 0.251 e. The third-order valence-corrected chi connectivity index (χ3v) is 6.98. The molecule has 9 heteroatoms. The summed E-state index contributed by atoms with van der Waals surface area (Å²) in [6, 6.07) is 2.12. The molecule has 1 fully saturated rings. The summed E-state index contributed by atoms with van der Waals surface area (Å²) in [5, 5.41) is 34.1. The first-order chi connectivity index (χ1) is 12.5. The topological polar surface area (TPSA) is 119 Å². The number of rotatable bonds is 9. The second kappa shape index (κ2) is 10.4. The van der Waals surface area contributed by atoms with Crippen LogP contribution in [0.25, 0.3) is 0 Å². The lowest BCUT2D eigenvalue weighted by Crippen LogP contribution is -2.34. The Balaban J connectivity index is 1.57. The number of carbonyl (C=O) groups excluding carboxylic acids is 2. The molecule has 2 amide bonds. The van der Waals surface area contributed by atoms with Crippen molar-refractivity contribution in [3.63, 3.8) is 0 Å². The molecule has 1 aromatic carbocycles. The van der Waals surface area contributed by atoms with E-state index in [2.05, 4.69) is 10.6 Å². The van der Waals surface area contributed by atoms with Crippen LogP contribution < -0.4 is 10.6 Å². The molecule has 144 valence electrons. The van der Waals surface area contributed by atoms with Crippen LogP contribution in [0.1, 0.15) is 42.5 Å². The number of unbranched alkanes of at least 4 members (excludes halogenated alkanes) is 1. The number of phenols is 3. The van der Waals surface area contributed by atoms with Crippen LogP contribution in [-0.2, 0) is 4.79 Å². The van der Waals surface area contributed by atoms with Gasteiger partial charge in [0.2, 0.25) is 5.91 Å².